The Morgan fingerprint density at radius 2 is 0.788 bits per heavy atom. The molecule has 0 bridgehead atoms. The highest BCUT2D eigenvalue weighted by atomic mass is 16.4. The van der Waals surface area contributed by atoms with Crippen LogP contribution in [0.3, 0.4) is 0 Å². The number of carboxylic acid groups (broad SMARTS) is 2. The Bertz CT molecular complexity index is 872. The molecule has 0 saturated heterocycles. The van der Waals surface area contributed by atoms with Gasteiger partial charge >= 0.3 is 11.9 Å². The fourth-order valence-corrected chi connectivity index (χ4v) is 5.77. The number of rotatable bonds is 35. The van der Waals surface area contributed by atoms with Crippen LogP contribution in [0.4, 0.5) is 0 Å². The van der Waals surface area contributed by atoms with Crippen LogP contribution in [0.5, 0.6) is 0 Å². The third-order valence-corrected chi connectivity index (χ3v) is 9.13. The summed E-state index contributed by atoms with van der Waals surface area (Å²) in [6, 6.07) is -2.63. The zero-order valence-electron chi connectivity index (χ0n) is 33.1. The Hall–Kier alpha value is -2.56. The molecule has 0 spiro atoms. The molecular formula is C42H78N2O8. The lowest BCUT2D eigenvalue weighted by Gasteiger charge is -2.26. The smallest absolute Gasteiger partial charge is 0.329 e. The van der Waals surface area contributed by atoms with Gasteiger partial charge in [0.1, 0.15) is 6.04 Å². The summed E-state index contributed by atoms with van der Waals surface area (Å²) in [6.07, 6.45) is 39.4. The fourth-order valence-electron chi connectivity index (χ4n) is 5.77. The van der Waals surface area contributed by atoms with Gasteiger partial charge in [-0.3, -0.25) is 19.3 Å². The Morgan fingerprint density at radius 3 is 1.04 bits per heavy atom. The molecule has 0 saturated carbocycles. The van der Waals surface area contributed by atoms with Gasteiger partial charge in [-0.25, -0.2) is 4.79 Å². The number of carbonyl (C=O) groups is 4. The van der Waals surface area contributed by atoms with Gasteiger partial charge < -0.3 is 26.2 Å². The summed E-state index contributed by atoms with van der Waals surface area (Å²) in [5.41, 5.74) is 4.77. The van der Waals surface area contributed by atoms with Crippen LogP contribution in [0, 0.1) is 0 Å². The van der Waals surface area contributed by atoms with Gasteiger partial charge in [-0.1, -0.05) is 141 Å². The summed E-state index contributed by atoms with van der Waals surface area (Å²) in [4.78, 5) is 48.0. The van der Waals surface area contributed by atoms with Crippen molar-refractivity contribution >= 4 is 23.8 Å². The van der Waals surface area contributed by atoms with Crippen LogP contribution in [0.2, 0.25) is 0 Å². The summed E-state index contributed by atoms with van der Waals surface area (Å²) in [6.45, 7) is 3.23. The average Bonchev–Trinajstić information content (AvgIpc) is 3.13. The number of nitrogens with zero attached hydrogens (tertiary/aromatic N) is 1. The van der Waals surface area contributed by atoms with Crippen molar-refractivity contribution in [3.63, 3.8) is 0 Å². The SMILES string of the molecule is CCCCCCCC/C=C\CCCCCCCC(=O)N(C(=O)CCCCCCC/C=C\CCCCCCCC)C(CO)C(=O)O.NC(CO)C(=O)O. The first-order valence-electron chi connectivity index (χ1n) is 20.7. The molecule has 0 aliphatic rings. The summed E-state index contributed by atoms with van der Waals surface area (Å²) >= 11 is 0. The Kier molecular flexibility index (Phi) is 39.3. The summed E-state index contributed by atoms with van der Waals surface area (Å²) in [5.74, 6) is -3.48. The number of imide groups is 1. The number of unbranched alkanes of at least 4 members (excludes halogenated alkanes) is 22. The zero-order valence-corrected chi connectivity index (χ0v) is 33.1. The lowest BCUT2D eigenvalue weighted by Crippen LogP contribution is -2.50. The van der Waals surface area contributed by atoms with E-state index >= 15 is 0 Å². The standard InChI is InChI=1S/C39H71NO5.C3H7NO3/c1-3-5-7-9-11-13-15-17-19-21-23-25-27-29-31-33-37(42)40(36(35-41)39(44)45)38(43)34-32-30-28-26-24-22-20-18-16-14-12-10-8-6-4-2;4-2(1-5)3(6)7/h17-20,36,41H,3-16,21-35H2,1-2H3,(H,44,45);2,5H,1,4H2,(H,6,7)/b19-17-,20-18-;. The van der Waals surface area contributed by atoms with E-state index in [4.69, 9.17) is 15.9 Å². The lowest BCUT2D eigenvalue weighted by molar-refractivity contribution is -0.160. The molecule has 0 heterocycles. The zero-order chi connectivity index (χ0) is 39.1. The summed E-state index contributed by atoms with van der Waals surface area (Å²) in [7, 11) is 0. The second kappa shape index (κ2) is 39.6. The maximum Gasteiger partial charge on any atom is 0.329 e. The molecular weight excluding hydrogens is 660 g/mol. The van der Waals surface area contributed by atoms with E-state index in [1.54, 1.807) is 0 Å². The largest absolute Gasteiger partial charge is 0.480 e. The Morgan fingerprint density at radius 1 is 0.481 bits per heavy atom. The number of nitrogens with two attached hydrogens (primary N) is 1. The van der Waals surface area contributed by atoms with Crippen LogP contribution in [-0.2, 0) is 19.2 Å². The van der Waals surface area contributed by atoms with Gasteiger partial charge in [0.15, 0.2) is 6.04 Å². The number of carbonyl (C=O) groups excluding carboxylic acids is 2. The van der Waals surface area contributed by atoms with Crippen molar-refractivity contribution in [3.05, 3.63) is 24.3 Å². The molecule has 10 heteroatoms. The van der Waals surface area contributed by atoms with Gasteiger partial charge in [0, 0.05) is 12.8 Å². The number of aliphatic carboxylic acids is 2. The first-order valence-corrected chi connectivity index (χ1v) is 20.7. The van der Waals surface area contributed by atoms with E-state index in [0.29, 0.717) is 12.8 Å². The molecule has 304 valence electrons. The van der Waals surface area contributed by atoms with E-state index in [2.05, 4.69) is 38.2 Å². The van der Waals surface area contributed by atoms with Crippen molar-refractivity contribution in [2.75, 3.05) is 13.2 Å². The van der Waals surface area contributed by atoms with E-state index in [0.717, 1.165) is 69.1 Å². The second-order valence-electron chi connectivity index (χ2n) is 14.0. The van der Waals surface area contributed by atoms with Crippen molar-refractivity contribution in [1.82, 2.24) is 4.90 Å². The molecule has 0 aromatic carbocycles. The summed E-state index contributed by atoms with van der Waals surface area (Å²) in [5, 5.41) is 35.1. The predicted molar refractivity (Wildman–Crippen MR) is 212 cm³/mol. The Balaban J connectivity index is 0. The van der Waals surface area contributed by atoms with Gasteiger partial charge in [-0.2, -0.15) is 0 Å². The summed E-state index contributed by atoms with van der Waals surface area (Å²) < 4.78 is 0. The van der Waals surface area contributed by atoms with Gasteiger partial charge in [0.25, 0.3) is 0 Å². The van der Waals surface area contributed by atoms with Gasteiger partial charge in [-0.05, 0) is 64.2 Å². The molecule has 0 aliphatic heterocycles. The van der Waals surface area contributed by atoms with Gasteiger partial charge in [-0.15, -0.1) is 0 Å². The van der Waals surface area contributed by atoms with E-state index in [1.807, 2.05) is 0 Å². The van der Waals surface area contributed by atoms with Gasteiger partial charge in [0.05, 0.1) is 13.2 Å². The molecule has 0 aromatic rings. The van der Waals surface area contributed by atoms with Crippen molar-refractivity contribution in [1.29, 1.82) is 0 Å². The highest BCUT2D eigenvalue weighted by Crippen LogP contribution is 2.15. The minimum Gasteiger partial charge on any atom is -0.480 e. The molecule has 2 amide bonds. The predicted octanol–water partition coefficient (Wildman–Crippen LogP) is 9.25. The molecule has 10 nitrogen and oxygen atoms in total. The van der Waals surface area contributed by atoms with Crippen LogP contribution < -0.4 is 5.73 Å². The Labute approximate surface area is 316 Å². The highest BCUT2D eigenvalue weighted by molar-refractivity contribution is 5.99. The van der Waals surface area contributed by atoms with Crippen LogP contribution in [-0.4, -0.2) is 74.4 Å². The molecule has 52 heavy (non-hydrogen) atoms. The van der Waals surface area contributed by atoms with Crippen molar-refractivity contribution < 1.29 is 39.6 Å². The average molecular weight is 739 g/mol. The number of amides is 2. The molecule has 2 atom stereocenters. The molecule has 0 rings (SSSR count). The molecule has 6 N–H and O–H groups in total. The lowest BCUT2D eigenvalue weighted by atomic mass is 10.1. The van der Waals surface area contributed by atoms with Crippen molar-refractivity contribution in [2.45, 2.75) is 206 Å². The van der Waals surface area contributed by atoms with Crippen LogP contribution >= 0.6 is 0 Å². The van der Waals surface area contributed by atoms with E-state index < -0.39 is 49.1 Å². The molecule has 0 radical (unpaired) electrons. The maximum atomic E-state index is 12.9. The van der Waals surface area contributed by atoms with E-state index in [9.17, 15) is 29.4 Å². The third kappa shape index (κ3) is 33.3. The minimum absolute atomic E-state index is 0.139. The molecule has 0 aromatic heterocycles. The number of carboxylic acids is 2. The number of allylic oxidation sites excluding steroid dienone is 4. The number of aliphatic hydroxyl groups is 2. The molecule has 0 aliphatic carbocycles. The second-order valence-corrected chi connectivity index (χ2v) is 14.0. The monoisotopic (exact) mass is 739 g/mol. The van der Waals surface area contributed by atoms with Gasteiger partial charge in [0.2, 0.25) is 11.8 Å². The third-order valence-electron chi connectivity index (χ3n) is 9.13. The van der Waals surface area contributed by atoms with Crippen molar-refractivity contribution in [3.8, 4) is 0 Å². The highest BCUT2D eigenvalue weighted by Gasteiger charge is 2.33. The first-order chi connectivity index (χ1) is 25.2. The number of aliphatic hydroxyl groups excluding tert-OH is 2. The van der Waals surface area contributed by atoms with Crippen LogP contribution in [0.1, 0.15) is 194 Å². The van der Waals surface area contributed by atoms with Crippen LogP contribution in [0.15, 0.2) is 24.3 Å². The number of hydrogen-bond acceptors (Lipinski definition) is 7. The first kappa shape index (κ1) is 51.5. The quantitative estimate of drug-likeness (QED) is 0.0313. The van der Waals surface area contributed by atoms with E-state index in [-0.39, 0.29) is 12.8 Å². The van der Waals surface area contributed by atoms with Crippen LogP contribution in [0.25, 0.3) is 0 Å². The molecule has 2 unspecified atom stereocenters. The normalized spacial score (nSPS) is 12.5. The van der Waals surface area contributed by atoms with Crippen molar-refractivity contribution in [2.24, 2.45) is 5.73 Å². The van der Waals surface area contributed by atoms with E-state index in [1.165, 1.54) is 89.9 Å². The maximum absolute atomic E-state index is 12.9. The minimum atomic E-state index is -1.50. The molecule has 0 fully saturated rings. The fraction of sp³-hybridized carbons (Fsp3) is 0.810. The topological polar surface area (TPSA) is 178 Å². The number of hydrogen-bond donors (Lipinski definition) is 5.